The third-order valence-electron chi connectivity index (χ3n) is 2.36. The molecule has 0 radical (unpaired) electrons. The average Bonchev–Trinajstić information content (AvgIpc) is 2.33. The van der Waals surface area contributed by atoms with Gasteiger partial charge in [-0.05, 0) is 28.1 Å². The van der Waals surface area contributed by atoms with Gasteiger partial charge < -0.3 is 4.74 Å². The number of rotatable bonds is 7. The summed E-state index contributed by atoms with van der Waals surface area (Å²) in [6, 6.07) is 4.85. The van der Waals surface area contributed by atoms with E-state index in [4.69, 9.17) is 27.9 Å². The first-order valence-corrected chi connectivity index (χ1v) is 8.60. The monoisotopic (exact) mass is 389 g/mol. The summed E-state index contributed by atoms with van der Waals surface area (Å²) in [6.45, 7) is 0.909. The lowest BCUT2D eigenvalue weighted by atomic mass is 10.4. The van der Waals surface area contributed by atoms with E-state index in [0.29, 0.717) is 17.0 Å². The van der Waals surface area contributed by atoms with E-state index < -0.39 is 10.0 Å². The van der Waals surface area contributed by atoms with Crippen molar-refractivity contribution in [2.24, 2.45) is 0 Å². The van der Waals surface area contributed by atoms with Crippen molar-refractivity contribution in [3.05, 3.63) is 27.7 Å². The number of alkyl halides is 1. The van der Waals surface area contributed by atoms with Crippen LogP contribution in [0.2, 0.25) is 5.02 Å². The molecule has 0 aliphatic heterocycles. The number of ether oxygens (including phenoxy) is 1. The van der Waals surface area contributed by atoms with Crippen LogP contribution in [-0.2, 0) is 14.8 Å². The fourth-order valence-electron chi connectivity index (χ4n) is 1.35. The van der Waals surface area contributed by atoms with E-state index in [0.717, 1.165) is 0 Å². The molecule has 0 aliphatic rings. The molecule has 0 aliphatic carbocycles. The lowest BCUT2D eigenvalue weighted by Crippen LogP contribution is -2.31. The molecule has 108 valence electrons. The Hall–Kier alpha value is 0.150. The number of likely N-dealkylation sites (N-methyl/N-ethyl adjacent to an activating group) is 1. The van der Waals surface area contributed by atoms with E-state index in [2.05, 4.69) is 15.9 Å². The van der Waals surface area contributed by atoms with Gasteiger partial charge in [0, 0.05) is 23.9 Å². The third-order valence-corrected chi connectivity index (χ3v) is 5.82. The fraction of sp³-hybridized carbons (Fsp3) is 0.455. The predicted octanol–water partition coefficient (Wildman–Crippen LogP) is 2.98. The van der Waals surface area contributed by atoms with E-state index in [-0.39, 0.29) is 23.1 Å². The van der Waals surface area contributed by atoms with E-state index in [1.165, 1.54) is 17.4 Å². The van der Waals surface area contributed by atoms with Gasteiger partial charge in [-0.1, -0.05) is 17.7 Å². The Balaban J connectivity index is 2.85. The van der Waals surface area contributed by atoms with Gasteiger partial charge in [0.2, 0.25) is 10.0 Å². The molecule has 0 amide bonds. The second-order valence-electron chi connectivity index (χ2n) is 3.68. The van der Waals surface area contributed by atoms with E-state index in [1.54, 1.807) is 12.1 Å². The van der Waals surface area contributed by atoms with Crippen molar-refractivity contribution in [1.82, 2.24) is 4.31 Å². The van der Waals surface area contributed by atoms with Gasteiger partial charge >= 0.3 is 0 Å². The van der Waals surface area contributed by atoms with Crippen molar-refractivity contribution in [2.45, 2.75) is 4.90 Å². The summed E-state index contributed by atoms with van der Waals surface area (Å²) in [5.41, 5.74) is 0. The second kappa shape index (κ2) is 7.81. The molecule has 1 rings (SSSR count). The predicted molar refractivity (Wildman–Crippen MR) is 80.5 cm³/mol. The smallest absolute Gasteiger partial charge is 0.245 e. The summed E-state index contributed by atoms with van der Waals surface area (Å²) in [6.07, 6.45) is 0. The molecule has 0 heterocycles. The molecular formula is C11H14BrCl2NO3S. The van der Waals surface area contributed by atoms with Gasteiger partial charge in [-0.25, -0.2) is 8.42 Å². The standard InChI is InChI=1S/C11H14BrCl2NO3S/c1-15(6-8-18-7-5-13)19(16,17)11-9(12)3-2-4-10(11)14/h2-4H,5-8H2,1H3. The molecule has 0 saturated carbocycles. The molecule has 0 aromatic heterocycles. The summed E-state index contributed by atoms with van der Waals surface area (Å²) >= 11 is 14.6. The number of hydrogen-bond acceptors (Lipinski definition) is 3. The molecule has 19 heavy (non-hydrogen) atoms. The molecule has 0 saturated heterocycles. The third kappa shape index (κ3) is 4.58. The molecule has 4 nitrogen and oxygen atoms in total. The first-order valence-electron chi connectivity index (χ1n) is 5.45. The molecule has 0 unspecified atom stereocenters. The zero-order valence-electron chi connectivity index (χ0n) is 10.3. The minimum Gasteiger partial charge on any atom is -0.379 e. The average molecular weight is 391 g/mol. The lowest BCUT2D eigenvalue weighted by Gasteiger charge is -2.18. The molecule has 0 atom stereocenters. The Labute approximate surface area is 131 Å². The van der Waals surface area contributed by atoms with Crippen molar-refractivity contribution >= 4 is 49.2 Å². The first-order chi connectivity index (χ1) is 8.91. The van der Waals surface area contributed by atoms with Crippen LogP contribution in [0.1, 0.15) is 0 Å². The fourth-order valence-corrected chi connectivity index (χ4v) is 4.28. The van der Waals surface area contributed by atoms with Gasteiger partial charge in [0.25, 0.3) is 0 Å². The van der Waals surface area contributed by atoms with Crippen molar-refractivity contribution in [3.63, 3.8) is 0 Å². The Morgan fingerprint density at radius 1 is 1.37 bits per heavy atom. The van der Waals surface area contributed by atoms with Gasteiger partial charge in [0.05, 0.1) is 18.2 Å². The van der Waals surface area contributed by atoms with Gasteiger partial charge in [-0.15, -0.1) is 11.6 Å². The maximum absolute atomic E-state index is 12.4. The molecule has 0 bridgehead atoms. The van der Waals surface area contributed by atoms with E-state index >= 15 is 0 Å². The minimum atomic E-state index is -3.65. The minimum absolute atomic E-state index is 0.0662. The number of benzene rings is 1. The van der Waals surface area contributed by atoms with Crippen LogP contribution in [0.3, 0.4) is 0 Å². The molecule has 1 aromatic rings. The Bertz CT molecular complexity index is 504. The summed E-state index contributed by atoms with van der Waals surface area (Å²) in [4.78, 5) is 0.0662. The second-order valence-corrected chi connectivity index (χ2v) is 7.30. The normalized spacial score (nSPS) is 12.1. The van der Waals surface area contributed by atoms with Gasteiger partial charge in [0.1, 0.15) is 4.90 Å². The highest BCUT2D eigenvalue weighted by Crippen LogP contribution is 2.31. The Morgan fingerprint density at radius 2 is 2.05 bits per heavy atom. The van der Waals surface area contributed by atoms with Crippen LogP contribution >= 0.6 is 39.1 Å². The Kier molecular flexibility index (Phi) is 7.07. The Morgan fingerprint density at radius 3 is 2.63 bits per heavy atom. The number of halogens is 3. The number of nitrogens with zero attached hydrogens (tertiary/aromatic N) is 1. The zero-order valence-corrected chi connectivity index (χ0v) is 14.2. The van der Waals surface area contributed by atoms with Crippen LogP contribution in [0.5, 0.6) is 0 Å². The quantitative estimate of drug-likeness (QED) is 0.531. The van der Waals surface area contributed by atoms with Gasteiger partial charge in [0.15, 0.2) is 0 Å². The first kappa shape index (κ1) is 17.2. The van der Waals surface area contributed by atoms with Crippen molar-refractivity contribution < 1.29 is 13.2 Å². The maximum Gasteiger partial charge on any atom is 0.245 e. The summed E-state index contributed by atoms with van der Waals surface area (Å²) in [5, 5.41) is 0.183. The highest BCUT2D eigenvalue weighted by molar-refractivity contribution is 9.10. The molecule has 8 heteroatoms. The molecule has 0 N–H and O–H groups in total. The molecule has 1 aromatic carbocycles. The van der Waals surface area contributed by atoms with E-state index in [1.807, 2.05) is 0 Å². The summed E-state index contributed by atoms with van der Waals surface area (Å²) in [7, 11) is -2.16. The summed E-state index contributed by atoms with van der Waals surface area (Å²) < 4.78 is 31.5. The largest absolute Gasteiger partial charge is 0.379 e. The number of hydrogen-bond donors (Lipinski definition) is 0. The molecule has 0 fully saturated rings. The maximum atomic E-state index is 12.4. The number of sulfonamides is 1. The van der Waals surface area contributed by atoms with Crippen molar-refractivity contribution in [1.29, 1.82) is 0 Å². The van der Waals surface area contributed by atoms with Gasteiger partial charge in [-0.2, -0.15) is 4.31 Å². The van der Waals surface area contributed by atoms with Crippen LogP contribution in [0.25, 0.3) is 0 Å². The van der Waals surface area contributed by atoms with Crippen molar-refractivity contribution in [2.75, 3.05) is 32.7 Å². The molecular weight excluding hydrogens is 377 g/mol. The highest BCUT2D eigenvalue weighted by atomic mass is 79.9. The summed E-state index contributed by atoms with van der Waals surface area (Å²) in [5.74, 6) is 0.381. The van der Waals surface area contributed by atoms with Crippen molar-refractivity contribution in [3.8, 4) is 0 Å². The van der Waals surface area contributed by atoms with Crippen LogP contribution in [0.4, 0.5) is 0 Å². The van der Waals surface area contributed by atoms with Crippen LogP contribution in [0.15, 0.2) is 27.6 Å². The lowest BCUT2D eigenvalue weighted by molar-refractivity contribution is 0.140. The van der Waals surface area contributed by atoms with Crippen LogP contribution < -0.4 is 0 Å². The SMILES string of the molecule is CN(CCOCCCl)S(=O)(=O)c1c(Cl)cccc1Br. The van der Waals surface area contributed by atoms with E-state index in [9.17, 15) is 8.42 Å². The topological polar surface area (TPSA) is 46.6 Å². The zero-order chi connectivity index (χ0) is 14.5. The van der Waals surface area contributed by atoms with Crippen LogP contribution in [-0.4, -0.2) is 45.4 Å². The highest BCUT2D eigenvalue weighted by Gasteiger charge is 2.25. The molecule has 0 spiro atoms. The van der Waals surface area contributed by atoms with Gasteiger partial charge in [-0.3, -0.25) is 0 Å². The van der Waals surface area contributed by atoms with Crippen LogP contribution in [0, 0.1) is 0 Å².